The number of nitrogens with zero attached hydrogens (tertiary/aromatic N) is 1. The van der Waals surface area contributed by atoms with Crippen molar-refractivity contribution in [2.75, 3.05) is 4.72 Å². The molecule has 0 saturated heterocycles. The van der Waals surface area contributed by atoms with Gasteiger partial charge >= 0.3 is 0 Å². The van der Waals surface area contributed by atoms with Crippen LogP contribution in [0.15, 0.2) is 50.4 Å². The number of anilines is 1. The molecule has 100 valence electrons. The van der Waals surface area contributed by atoms with E-state index < -0.39 is 10.0 Å². The largest absolute Gasteiger partial charge is 0.279 e. The van der Waals surface area contributed by atoms with E-state index in [1.807, 2.05) is 0 Å². The predicted molar refractivity (Wildman–Crippen MR) is 81.9 cm³/mol. The summed E-state index contributed by atoms with van der Waals surface area (Å²) in [5.41, 5.74) is 0.436. The molecule has 1 N–H and O–H groups in total. The Balaban J connectivity index is 2.40. The van der Waals surface area contributed by atoms with E-state index in [0.717, 1.165) is 4.47 Å². The number of pyridine rings is 1. The van der Waals surface area contributed by atoms with Gasteiger partial charge in [0, 0.05) is 20.8 Å². The van der Waals surface area contributed by atoms with Crippen LogP contribution in [0.2, 0.25) is 5.15 Å². The first-order chi connectivity index (χ1) is 8.88. The highest BCUT2D eigenvalue weighted by atomic mass is 79.9. The summed E-state index contributed by atoms with van der Waals surface area (Å²) in [6.07, 6.45) is 1.43. The van der Waals surface area contributed by atoms with Gasteiger partial charge in [-0.3, -0.25) is 4.72 Å². The molecule has 2 aromatic rings. The number of benzene rings is 1. The standard InChI is InChI=1S/C11H7Br2ClN2O2S/c12-7-2-1-3-9(4-7)16-19(17,18)10-5-8(13)6-15-11(10)14/h1-6,16H. The molecule has 0 radical (unpaired) electrons. The zero-order valence-corrected chi connectivity index (χ0v) is 14.0. The maximum atomic E-state index is 12.2. The molecule has 0 fully saturated rings. The number of nitrogens with one attached hydrogen (secondary N) is 1. The fraction of sp³-hybridized carbons (Fsp3) is 0. The van der Waals surface area contributed by atoms with E-state index in [1.165, 1.54) is 12.3 Å². The summed E-state index contributed by atoms with van der Waals surface area (Å²) in [4.78, 5) is 3.71. The van der Waals surface area contributed by atoms with E-state index >= 15 is 0 Å². The van der Waals surface area contributed by atoms with Gasteiger partial charge in [-0.05, 0) is 40.2 Å². The summed E-state index contributed by atoms with van der Waals surface area (Å²) < 4.78 is 28.2. The second-order valence-corrected chi connectivity index (χ2v) is 7.40. The Bertz CT molecular complexity index is 722. The lowest BCUT2D eigenvalue weighted by atomic mass is 10.3. The lowest BCUT2D eigenvalue weighted by Gasteiger charge is -2.09. The highest BCUT2D eigenvalue weighted by Gasteiger charge is 2.19. The van der Waals surface area contributed by atoms with Crippen LogP contribution < -0.4 is 4.72 Å². The first kappa shape index (κ1) is 14.8. The molecule has 0 unspecified atom stereocenters. The van der Waals surface area contributed by atoms with Gasteiger partial charge in [0.2, 0.25) is 0 Å². The molecule has 0 bridgehead atoms. The Labute approximate surface area is 132 Å². The fourth-order valence-electron chi connectivity index (χ4n) is 1.35. The molecule has 0 amide bonds. The molecule has 0 aliphatic heterocycles. The minimum atomic E-state index is -3.78. The molecule has 2 rings (SSSR count). The van der Waals surface area contributed by atoms with Crippen molar-refractivity contribution in [3.8, 4) is 0 Å². The normalized spacial score (nSPS) is 11.3. The summed E-state index contributed by atoms with van der Waals surface area (Å²) in [7, 11) is -3.78. The second-order valence-electron chi connectivity index (χ2n) is 3.56. The van der Waals surface area contributed by atoms with E-state index in [-0.39, 0.29) is 10.0 Å². The number of hydrogen-bond acceptors (Lipinski definition) is 3. The van der Waals surface area contributed by atoms with Crippen LogP contribution in [0.25, 0.3) is 0 Å². The van der Waals surface area contributed by atoms with Crippen molar-refractivity contribution in [3.05, 3.63) is 50.6 Å². The van der Waals surface area contributed by atoms with E-state index in [0.29, 0.717) is 10.2 Å². The highest BCUT2D eigenvalue weighted by molar-refractivity contribution is 9.10. The van der Waals surface area contributed by atoms with Crippen LogP contribution in [0.5, 0.6) is 0 Å². The maximum absolute atomic E-state index is 12.2. The average Bonchev–Trinajstić information content (AvgIpc) is 2.31. The zero-order valence-electron chi connectivity index (χ0n) is 9.27. The molecule has 0 spiro atoms. The van der Waals surface area contributed by atoms with Crippen LogP contribution in [0.1, 0.15) is 0 Å². The van der Waals surface area contributed by atoms with Crippen LogP contribution >= 0.6 is 43.5 Å². The topological polar surface area (TPSA) is 59.1 Å². The zero-order chi connectivity index (χ0) is 14.0. The molecule has 8 heteroatoms. The number of rotatable bonds is 3. The minimum absolute atomic E-state index is 0.0781. The van der Waals surface area contributed by atoms with Crippen LogP contribution in [-0.2, 0) is 10.0 Å². The number of halogens is 3. The number of hydrogen-bond donors (Lipinski definition) is 1. The van der Waals surface area contributed by atoms with Crippen molar-refractivity contribution < 1.29 is 8.42 Å². The lowest BCUT2D eigenvalue weighted by molar-refractivity contribution is 0.601. The third kappa shape index (κ3) is 3.68. The first-order valence-corrected chi connectivity index (χ1v) is 8.42. The first-order valence-electron chi connectivity index (χ1n) is 4.98. The Hall–Kier alpha value is -0.630. The van der Waals surface area contributed by atoms with Gasteiger partial charge in [-0.2, -0.15) is 0 Å². The van der Waals surface area contributed by atoms with Crippen molar-refractivity contribution in [3.63, 3.8) is 0 Å². The van der Waals surface area contributed by atoms with E-state index in [2.05, 4.69) is 41.6 Å². The minimum Gasteiger partial charge on any atom is -0.279 e. The Morgan fingerprint density at radius 2 is 1.89 bits per heavy atom. The molecular formula is C11H7Br2ClN2O2S. The van der Waals surface area contributed by atoms with Gasteiger partial charge < -0.3 is 0 Å². The summed E-state index contributed by atoms with van der Waals surface area (Å²) in [5.74, 6) is 0. The average molecular weight is 427 g/mol. The summed E-state index contributed by atoms with van der Waals surface area (Å²) in [5, 5.41) is -0.0781. The molecule has 0 saturated carbocycles. The lowest BCUT2D eigenvalue weighted by Crippen LogP contribution is -2.14. The molecule has 1 aromatic carbocycles. The quantitative estimate of drug-likeness (QED) is 0.753. The van der Waals surface area contributed by atoms with E-state index in [1.54, 1.807) is 24.3 Å². The van der Waals surface area contributed by atoms with Crippen LogP contribution in [-0.4, -0.2) is 13.4 Å². The molecule has 0 aliphatic carbocycles. The summed E-state index contributed by atoms with van der Waals surface area (Å²) in [6.45, 7) is 0. The molecular weight excluding hydrogens is 419 g/mol. The predicted octanol–water partition coefficient (Wildman–Crippen LogP) is 4.06. The smallest absolute Gasteiger partial charge is 0.265 e. The number of sulfonamides is 1. The molecule has 19 heavy (non-hydrogen) atoms. The van der Waals surface area contributed by atoms with Crippen LogP contribution in [0.4, 0.5) is 5.69 Å². The molecule has 0 atom stereocenters. The number of aromatic nitrogens is 1. The maximum Gasteiger partial charge on any atom is 0.265 e. The van der Waals surface area contributed by atoms with Crippen LogP contribution in [0, 0.1) is 0 Å². The van der Waals surface area contributed by atoms with Gasteiger partial charge in [0.1, 0.15) is 10.0 Å². The Morgan fingerprint density at radius 1 is 1.16 bits per heavy atom. The van der Waals surface area contributed by atoms with Gasteiger partial charge in [-0.25, -0.2) is 13.4 Å². The summed E-state index contributed by atoms with van der Waals surface area (Å²) in [6, 6.07) is 8.21. The SMILES string of the molecule is O=S(=O)(Nc1cccc(Br)c1)c1cc(Br)cnc1Cl. The Morgan fingerprint density at radius 3 is 2.58 bits per heavy atom. The third-order valence-electron chi connectivity index (χ3n) is 2.14. The van der Waals surface area contributed by atoms with Crippen molar-refractivity contribution in [2.24, 2.45) is 0 Å². The van der Waals surface area contributed by atoms with Gasteiger partial charge in [-0.15, -0.1) is 0 Å². The van der Waals surface area contributed by atoms with Gasteiger partial charge in [0.05, 0.1) is 0 Å². The van der Waals surface area contributed by atoms with Crippen molar-refractivity contribution in [2.45, 2.75) is 4.90 Å². The second kappa shape index (κ2) is 5.78. The Kier molecular flexibility index (Phi) is 4.50. The van der Waals surface area contributed by atoms with Gasteiger partial charge in [0.15, 0.2) is 0 Å². The van der Waals surface area contributed by atoms with Crippen LogP contribution in [0.3, 0.4) is 0 Å². The molecule has 0 aliphatic rings. The fourth-order valence-corrected chi connectivity index (χ4v) is 3.75. The van der Waals surface area contributed by atoms with E-state index in [9.17, 15) is 8.42 Å². The molecule has 1 aromatic heterocycles. The summed E-state index contributed by atoms with van der Waals surface area (Å²) >= 11 is 12.3. The van der Waals surface area contributed by atoms with E-state index in [4.69, 9.17) is 11.6 Å². The molecule has 1 heterocycles. The molecule has 4 nitrogen and oxygen atoms in total. The third-order valence-corrected chi connectivity index (χ3v) is 4.87. The van der Waals surface area contributed by atoms with Gasteiger partial charge in [0.25, 0.3) is 10.0 Å². The van der Waals surface area contributed by atoms with Crippen molar-refractivity contribution in [1.29, 1.82) is 0 Å². The van der Waals surface area contributed by atoms with Crippen molar-refractivity contribution in [1.82, 2.24) is 4.98 Å². The van der Waals surface area contributed by atoms with Gasteiger partial charge in [-0.1, -0.05) is 33.6 Å². The van der Waals surface area contributed by atoms with Crippen molar-refractivity contribution >= 4 is 59.2 Å². The highest BCUT2D eigenvalue weighted by Crippen LogP contribution is 2.25. The monoisotopic (exact) mass is 424 g/mol.